The molecular formula is C5H5BO4S. The number of hydrogen-bond donors (Lipinski definition) is 2. The second-order valence-electron chi connectivity index (χ2n) is 1.72. The molecule has 0 aromatic carbocycles. The van der Waals surface area contributed by atoms with Gasteiger partial charge in [0.15, 0.2) is 11.3 Å². The Hall–Kier alpha value is -0.845. The average molecular weight is 172 g/mol. The van der Waals surface area contributed by atoms with E-state index in [0.717, 1.165) is 11.3 Å². The molecule has 0 spiro atoms. The number of thiophene rings is 1. The van der Waals surface area contributed by atoms with Crippen molar-refractivity contribution in [1.29, 1.82) is 0 Å². The van der Waals surface area contributed by atoms with Crippen LogP contribution in [0.3, 0.4) is 0 Å². The molecule has 1 aromatic heterocycles. The van der Waals surface area contributed by atoms with E-state index < -0.39 is 7.32 Å². The summed E-state index contributed by atoms with van der Waals surface area (Å²) in [6, 6.07) is 3.03. The van der Waals surface area contributed by atoms with Crippen molar-refractivity contribution in [3.05, 3.63) is 17.0 Å². The van der Waals surface area contributed by atoms with E-state index in [1.807, 2.05) is 0 Å². The summed E-state index contributed by atoms with van der Waals surface area (Å²) in [5, 5.41) is 17.0. The molecule has 4 nitrogen and oxygen atoms in total. The summed E-state index contributed by atoms with van der Waals surface area (Å²) in [5.41, 5.74) is 0. The SMILES string of the molecule is O=Cc1ccc(OB(O)O)s1. The van der Waals surface area contributed by atoms with Gasteiger partial charge in [0.1, 0.15) is 0 Å². The summed E-state index contributed by atoms with van der Waals surface area (Å²) in [4.78, 5) is 10.6. The van der Waals surface area contributed by atoms with Gasteiger partial charge in [-0.05, 0) is 12.1 Å². The lowest BCUT2D eigenvalue weighted by molar-refractivity contribution is 0.112. The molecule has 0 fully saturated rings. The van der Waals surface area contributed by atoms with Crippen molar-refractivity contribution in [2.45, 2.75) is 0 Å². The highest BCUT2D eigenvalue weighted by atomic mass is 32.1. The van der Waals surface area contributed by atoms with Gasteiger partial charge in [0.05, 0.1) is 4.88 Å². The summed E-state index contributed by atoms with van der Waals surface area (Å²) >= 11 is 1.05. The van der Waals surface area contributed by atoms with Gasteiger partial charge in [-0.3, -0.25) is 4.79 Å². The molecule has 1 rings (SSSR count). The summed E-state index contributed by atoms with van der Waals surface area (Å²) < 4.78 is 4.47. The lowest BCUT2D eigenvalue weighted by atomic mass is 10.3. The maximum Gasteiger partial charge on any atom is 0.708 e. The van der Waals surface area contributed by atoms with Crippen LogP contribution in [-0.2, 0) is 0 Å². The molecule has 1 aromatic rings. The molecule has 0 atom stereocenters. The maximum absolute atomic E-state index is 10.1. The third-order valence-corrected chi connectivity index (χ3v) is 1.84. The highest BCUT2D eigenvalue weighted by molar-refractivity contribution is 7.15. The smallest absolute Gasteiger partial charge is 0.504 e. The molecule has 0 saturated heterocycles. The average Bonchev–Trinajstić information content (AvgIpc) is 2.34. The Morgan fingerprint density at radius 2 is 2.27 bits per heavy atom. The monoisotopic (exact) mass is 172 g/mol. The van der Waals surface area contributed by atoms with Crippen molar-refractivity contribution in [3.63, 3.8) is 0 Å². The maximum atomic E-state index is 10.1. The number of carbonyl (C=O) groups excluding carboxylic acids is 1. The molecule has 0 saturated carbocycles. The molecule has 0 aliphatic carbocycles. The van der Waals surface area contributed by atoms with Crippen molar-refractivity contribution in [2.75, 3.05) is 0 Å². The van der Waals surface area contributed by atoms with Crippen LogP contribution < -0.4 is 4.65 Å². The van der Waals surface area contributed by atoms with Gasteiger partial charge in [0.25, 0.3) is 0 Å². The van der Waals surface area contributed by atoms with Crippen LogP contribution in [0.4, 0.5) is 0 Å². The van der Waals surface area contributed by atoms with Crippen molar-refractivity contribution >= 4 is 24.9 Å². The fraction of sp³-hybridized carbons (Fsp3) is 0. The fourth-order valence-electron chi connectivity index (χ4n) is 0.565. The number of carbonyl (C=O) groups is 1. The van der Waals surface area contributed by atoms with Gasteiger partial charge in [-0.25, -0.2) is 0 Å². The lowest BCUT2D eigenvalue weighted by Gasteiger charge is -1.97. The van der Waals surface area contributed by atoms with Gasteiger partial charge >= 0.3 is 7.32 Å². The highest BCUT2D eigenvalue weighted by Gasteiger charge is 2.12. The Bertz CT molecular complexity index is 246. The summed E-state index contributed by atoms with van der Waals surface area (Å²) in [6.45, 7) is 0. The van der Waals surface area contributed by atoms with Crippen LogP contribution in [0.25, 0.3) is 0 Å². The zero-order valence-electron chi connectivity index (χ0n) is 5.43. The summed E-state index contributed by atoms with van der Waals surface area (Å²) in [5.74, 6) is 0. The predicted molar refractivity (Wildman–Crippen MR) is 40.5 cm³/mol. The molecule has 11 heavy (non-hydrogen) atoms. The van der Waals surface area contributed by atoms with Crippen LogP contribution in [0.2, 0.25) is 0 Å². The van der Waals surface area contributed by atoms with Gasteiger partial charge in [-0.2, -0.15) is 0 Å². The van der Waals surface area contributed by atoms with Crippen molar-refractivity contribution in [2.24, 2.45) is 0 Å². The van der Waals surface area contributed by atoms with Crippen LogP contribution in [0, 0.1) is 0 Å². The van der Waals surface area contributed by atoms with Crippen molar-refractivity contribution < 1.29 is 19.5 Å². The molecular weight excluding hydrogens is 167 g/mol. The van der Waals surface area contributed by atoms with E-state index >= 15 is 0 Å². The first-order chi connectivity index (χ1) is 5.22. The van der Waals surface area contributed by atoms with Crippen LogP contribution >= 0.6 is 11.3 Å². The van der Waals surface area contributed by atoms with E-state index in [9.17, 15) is 4.79 Å². The largest absolute Gasteiger partial charge is 0.708 e. The van der Waals surface area contributed by atoms with Crippen molar-refractivity contribution in [3.8, 4) is 5.06 Å². The minimum atomic E-state index is -1.83. The Kier molecular flexibility index (Phi) is 2.64. The van der Waals surface area contributed by atoms with Crippen molar-refractivity contribution in [1.82, 2.24) is 0 Å². The van der Waals surface area contributed by atoms with E-state index in [0.29, 0.717) is 16.2 Å². The summed E-state index contributed by atoms with van der Waals surface area (Å²) in [6.07, 6.45) is 0.668. The normalized spacial score (nSPS) is 9.27. The molecule has 1 heterocycles. The molecule has 0 aliphatic rings. The molecule has 0 bridgehead atoms. The number of hydrogen-bond acceptors (Lipinski definition) is 5. The zero-order valence-corrected chi connectivity index (χ0v) is 6.25. The predicted octanol–water partition coefficient (Wildman–Crippen LogP) is -0.0911. The molecule has 0 amide bonds. The standard InChI is InChI=1S/C5H5BO4S/c7-3-4-1-2-5(11-4)10-6(8)9/h1-3,8-9H. The second kappa shape index (κ2) is 3.52. The molecule has 6 heteroatoms. The summed E-state index contributed by atoms with van der Waals surface area (Å²) in [7, 11) is -1.83. The quantitative estimate of drug-likeness (QED) is 0.493. The highest BCUT2D eigenvalue weighted by Crippen LogP contribution is 2.22. The molecule has 0 aliphatic heterocycles. The van der Waals surface area contributed by atoms with E-state index in [2.05, 4.69) is 4.65 Å². The Morgan fingerprint density at radius 1 is 1.55 bits per heavy atom. The van der Waals surface area contributed by atoms with Gasteiger partial charge in [-0.1, -0.05) is 11.3 Å². The minimum Gasteiger partial charge on any atom is -0.504 e. The third-order valence-electron chi connectivity index (χ3n) is 0.940. The molecule has 58 valence electrons. The Balaban J connectivity index is 2.65. The van der Waals surface area contributed by atoms with E-state index in [1.165, 1.54) is 12.1 Å². The minimum absolute atomic E-state index is 0.308. The van der Waals surface area contributed by atoms with Gasteiger partial charge in [-0.15, -0.1) is 0 Å². The molecule has 0 unspecified atom stereocenters. The third kappa shape index (κ3) is 2.34. The molecule has 2 N–H and O–H groups in total. The van der Waals surface area contributed by atoms with Gasteiger partial charge in [0, 0.05) is 0 Å². The first-order valence-corrected chi connectivity index (χ1v) is 3.62. The van der Waals surface area contributed by atoms with Gasteiger partial charge in [0.2, 0.25) is 0 Å². The van der Waals surface area contributed by atoms with Gasteiger partial charge < -0.3 is 14.7 Å². The topological polar surface area (TPSA) is 66.8 Å². The number of rotatable bonds is 3. The van der Waals surface area contributed by atoms with E-state index in [-0.39, 0.29) is 0 Å². The number of aldehydes is 1. The van der Waals surface area contributed by atoms with Crippen LogP contribution in [0.15, 0.2) is 12.1 Å². The molecule has 0 radical (unpaired) electrons. The zero-order chi connectivity index (χ0) is 8.27. The fourth-order valence-corrected chi connectivity index (χ4v) is 1.25. The van der Waals surface area contributed by atoms with E-state index in [4.69, 9.17) is 10.0 Å². The van der Waals surface area contributed by atoms with Crippen LogP contribution in [0.5, 0.6) is 5.06 Å². The Labute approximate surface area is 67.2 Å². The van der Waals surface area contributed by atoms with E-state index in [1.54, 1.807) is 0 Å². The second-order valence-corrected chi connectivity index (χ2v) is 2.80. The first-order valence-electron chi connectivity index (χ1n) is 2.80. The van der Waals surface area contributed by atoms with Crippen LogP contribution in [-0.4, -0.2) is 23.7 Å². The Morgan fingerprint density at radius 3 is 2.73 bits per heavy atom. The lowest BCUT2D eigenvalue weighted by Crippen LogP contribution is -2.19. The van der Waals surface area contributed by atoms with Crippen LogP contribution in [0.1, 0.15) is 9.67 Å². The first kappa shape index (κ1) is 8.25.